The van der Waals surface area contributed by atoms with Crippen molar-refractivity contribution in [3.05, 3.63) is 22.5 Å². The fourth-order valence-electron chi connectivity index (χ4n) is 2.38. The molecule has 0 amide bonds. The molecule has 3 heterocycles. The van der Waals surface area contributed by atoms with Gasteiger partial charge in [-0.15, -0.1) is 11.3 Å². The zero-order valence-corrected chi connectivity index (χ0v) is 12.1. The summed E-state index contributed by atoms with van der Waals surface area (Å²) in [5.74, 6) is 0. The van der Waals surface area contributed by atoms with Gasteiger partial charge < -0.3 is 14.8 Å². The molecule has 2 aromatic rings. The average molecular weight is 281 g/mol. The summed E-state index contributed by atoms with van der Waals surface area (Å²) in [4.78, 5) is 5.66. The van der Waals surface area contributed by atoms with Gasteiger partial charge in [-0.2, -0.15) is 0 Å². The number of nitrogens with one attached hydrogen (secondary N) is 1. The molecule has 0 radical (unpaired) electrons. The van der Waals surface area contributed by atoms with Crippen molar-refractivity contribution in [3.63, 3.8) is 0 Å². The Hall–Kier alpha value is -0.950. The van der Waals surface area contributed by atoms with Crippen molar-refractivity contribution >= 4 is 16.3 Å². The van der Waals surface area contributed by atoms with Gasteiger partial charge in [0.05, 0.1) is 37.3 Å². The van der Waals surface area contributed by atoms with Crippen LogP contribution in [0.25, 0.3) is 4.96 Å². The van der Waals surface area contributed by atoms with Gasteiger partial charge in [0.1, 0.15) is 0 Å². The van der Waals surface area contributed by atoms with Crippen molar-refractivity contribution in [1.82, 2.24) is 14.7 Å². The van der Waals surface area contributed by atoms with Crippen LogP contribution in [0.5, 0.6) is 0 Å². The van der Waals surface area contributed by atoms with Crippen molar-refractivity contribution in [2.24, 2.45) is 0 Å². The van der Waals surface area contributed by atoms with Crippen molar-refractivity contribution in [2.45, 2.75) is 26.5 Å². The minimum absolute atomic E-state index is 0.168. The lowest BCUT2D eigenvalue weighted by molar-refractivity contribution is -0.0864. The molecule has 0 aromatic carbocycles. The summed E-state index contributed by atoms with van der Waals surface area (Å²) >= 11 is 1.69. The number of ether oxygens (including phenoxy) is 2. The first-order valence-corrected chi connectivity index (χ1v) is 7.46. The summed E-state index contributed by atoms with van der Waals surface area (Å²) in [7, 11) is 0. The van der Waals surface area contributed by atoms with Gasteiger partial charge in [-0.3, -0.25) is 4.40 Å². The van der Waals surface area contributed by atoms with Crippen LogP contribution in [-0.4, -0.2) is 41.9 Å². The highest BCUT2D eigenvalue weighted by Crippen LogP contribution is 2.20. The maximum absolute atomic E-state index is 5.62. The predicted molar refractivity (Wildman–Crippen MR) is 74.8 cm³/mol. The highest BCUT2D eigenvalue weighted by molar-refractivity contribution is 7.15. The largest absolute Gasteiger partial charge is 0.376 e. The van der Waals surface area contributed by atoms with Crippen LogP contribution in [0.3, 0.4) is 0 Å². The highest BCUT2D eigenvalue weighted by Gasteiger charge is 2.15. The molecule has 0 aliphatic carbocycles. The molecule has 1 aliphatic rings. The smallest absolute Gasteiger partial charge is 0.194 e. The van der Waals surface area contributed by atoms with Crippen LogP contribution in [0.15, 0.2) is 5.38 Å². The van der Waals surface area contributed by atoms with Crippen molar-refractivity contribution < 1.29 is 9.47 Å². The third-order valence-electron chi connectivity index (χ3n) is 3.38. The zero-order valence-electron chi connectivity index (χ0n) is 11.3. The highest BCUT2D eigenvalue weighted by atomic mass is 32.1. The van der Waals surface area contributed by atoms with E-state index >= 15 is 0 Å². The third-order valence-corrected chi connectivity index (χ3v) is 4.32. The monoisotopic (exact) mass is 281 g/mol. The van der Waals surface area contributed by atoms with E-state index in [0.717, 1.165) is 23.7 Å². The molecular formula is C13H19N3O2S. The van der Waals surface area contributed by atoms with E-state index in [4.69, 9.17) is 9.47 Å². The van der Waals surface area contributed by atoms with Crippen LogP contribution >= 0.6 is 11.3 Å². The molecule has 1 unspecified atom stereocenters. The first-order valence-electron chi connectivity index (χ1n) is 6.58. The molecular weight excluding hydrogens is 262 g/mol. The number of hydrogen-bond acceptors (Lipinski definition) is 5. The Morgan fingerprint density at radius 1 is 1.47 bits per heavy atom. The lowest BCUT2D eigenvalue weighted by atomic mass is 10.3. The first-order chi connectivity index (χ1) is 9.25. The third kappa shape index (κ3) is 2.67. The molecule has 1 aliphatic heterocycles. The van der Waals surface area contributed by atoms with Gasteiger partial charge in [0.25, 0.3) is 0 Å². The first kappa shape index (κ1) is 13.1. The molecule has 19 heavy (non-hydrogen) atoms. The van der Waals surface area contributed by atoms with E-state index in [2.05, 4.69) is 33.9 Å². The molecule has 5 nitrogen and oxygen atoms in total. The van der Waals surface area contributed by atoms with Crippen molar-refractivity contribution in [2.75, 3.05) is 26.4 Å². The van der Waals surface area contributed by atoms with E-state index in [0.29, 0.717) is 19.8 Å². The topological polar surface area (TPSA) is 47.8 Å². The predicted octanol–water partition coefficient (Wildman–Crippen LogP) is 1.52. The average Bonchev–Trinajstić information content (AvgIpc) is 2.92. The Labute approximate surface area is 116 Å². The zero-order chi connectivity index (χ0) is 13.2. The summed E-state index contributed by atoms with van der Waals surface area (Å²) in [6, 6.07) is 0. The molecule has 0 bridgehead atoms. The minimum Gasteiger partial charge on any atom is -0.376 e. The summed E-state index contributed by atoms with van der Waals surface area (Å²) in [5, 5.41) is 5.59. The lowest BCUT2D eigenvalue weighted by Gasteiger charge is -2.23. The maximum atomic E-state index is 5.62. The van der Waals surface area contributed by atoms with Crippen molar-refractivity contribution in [1.29, 1.82) is 0 Å². The van der Waals surface area contributed by atoms with Crippen LogP contribution in [0.2, 0.25) is 0 Å². The van der Waals surface area contributed by atoms with Gasteiger partial charge >= 0.3 is 0 Å². The molecule has 1 N–H and O–H groups in total. The molecule has 2 aromatic heterocycles. The van der Waals surface area contributed by atoms with Crippen LogP contribution in [0.4, 0.5) is 0 Å². The Morgan fingerprint density at radius 2 is 2.37 bits per heavy atom. The minimum atomic E-state index is 0.168. The number of rotatable bonds is 4. The van der Waals surface area contributed by atoms with Gasteiger partial charge in [0.2, 0.25) is 0 Å². The van der Waals surface area contributed by atoms with Crippen LogP contribution in [0, 0.1) is 13.8 Å². The molecule has 0 saturated carbocycles. The molecule has 6 heteroatoms. The number of hydrogen-bond donors (Lipinski definition) is 1. The standard InChI is InChI=1S/C13H19N3O2S/c1-9-8-19-13-15-10(2)12(16(9)13)6-14-5-11-7-17-3-4-18-11/h8,11,14H,3-7H2,1-2H3. The van der Waals surface area contributed by atoms with Crippen LogP contribution in [-0.2, 0) is 16.0 Å². The number of thiazole rings is 1. The SMILES string of the molecule is Cc1nc2scc(C)n2c1CNCC1COCCO1. The van der Waals surface area contributed by atoms with Gasteiger partial charge in [-0.05, 0) is 13.8 Å². The number of fused-ring (bicyclic) bond motifs is 1. The molecule has 104 valence electrons. The second-order valence-corrected chi connectivity index (χ2v) is 5.67. The number of imidazole rings is 1. The number of aromatic nitrogens is 2. The second-order valence-electron chi connectivity index (χ2n) is 4.84. The van der Waals surface area contributed by atoms with Crippen LogP contribution in [0.1, 0.15) is 17.1 Å². The molecule has 1 fully saturated rings. The van der Waals surface area contributed by atoms with E-state index < -0.39 is 0 Å². The van der Waals surface area contributed by atoms with E-state index in [1.807, 2.05) is 0 Å². The maximum Gasteiger partial charge on any atom is 0.194 e. The molecule has 1 atom stereocenters. The van der Waals surface area contributed by atoms with Crippen LogP contribution < -0.4 is 5.32 Å². The Balaban J connectivity index is 1.64. The Kier molecular flexibility index (Phi) is 3.83. The van der Waals surface area contributed by atoms with E-state index in [9.17, 15) is 0 Å². The fourth-order valence-corrected chi connectivity index (χ4v) is 3.31. The molecule has 1 saturated heterocycles. The van der Waals surface area contributed by atoms with E-state index in [1.165, 1.54) is 11.4 Å². The Morgan fingerprint density at radius 3 is 3.16 bits per heavy atom. The number of nitrogens with zero attached hydrogens (tertiary/aromatic N) is 2. The summed E-state index contributed by atoms with van der Waals surface area (Å²) in [6.07, 6.45) is 0.168. The summed E-state index contributed by atoms with van der Waals surface area (Å²) < 4.78 is 13.2. The summed E-state index contributed by atoms with van der Waals surface area (Å²) in [5.41, 5.74) is 3.59. The normalized spacial score (nSPS) is 20.2. The van der Waals surface area contributed by atoms with Gasteiger partial charge in [-0.1, -0.05) is 0 Å². The van der Waals surface area contributed by atoms with E-state index in [1.54, 1.807) is 11.3 Å². The molecule has 0 spiro atoms. The fraction of sp³-hybridized carbons (Fsp3) is 0.615. The molecule has 3 rings (SSSR count). The van der Waals surface area contributed by atoms with E-state index in [-0.39, 0.29) is 6.10 Å². The lowest BCUT2D eigenvalue weighted by Crippen LogP contribution is -2.37. The second kappa shape index (κ2) is 5.58. The van der Waals surface area contributed by atoms with Gasteiger partial charge in [-0.25, -0.2) is 4.98 Å². The Bertz CT molecular complexity index is 557. The van der Waals surface area contributed by atoms with Gasteiger partial charge in [0, 0.05) is 24.2 Å². The van der Waals surface area contributed by atoms with Gasteiger partial charge in [0.15, 0.2) is 4.96 Å². The quantitative estimate of drug-likeness (QED) is 0.923. The number of aryl methyl sites for hydroxylation is 2. The van der Waals surface area contributed by atoms with Crippen molar-refractivity contribution in [3.8, 4) is 0 Å². The summed E-state index contributed by atoms with van der Waals surface area (Å²) in [6.45, 7) is 7.91.